The molecule has 0 bridgehead atoms. The van der Waals surface area contributed by atoms with E-state index < -0.39 is 0 Å². The third-order valence-corrected chi connectivity index (χ3v) is 3.69. The van der Waals surface area contributed by atoms with E-state index in [1.807, 2.05) is 0 Å². The number of hydrogen-bond acceptors (Lipinski definition) is 2. The van der Waals surface area contributed by atoms with Crippen molar-refractivity contribution in [3.05, 3.63) is 29.3 Å². The van der Waals surface area contributed by atoms with E-state index in [0.29, 0.717) is 11.8 Å². The van der Waals surface area contributed by atoms with Crippen LogP contribution in [0.4, 0.5) is 0 Å². The molecule has 0 amide bonds. The molecule has 19 heavy (non-hydrogen) atoms. The number of rotatable bonds is 8. The first kappa shape index (κ1) is 16.4. The van der Waals surface area contributed by atoms with Crippen LogP contribution in [-0.4, -0.2) is 12.4 Å². The van der Waals surface area contributed by atoms with Crippen LogP contribution in [0, 0.1) is 0 Å². The van der Waals surface area contributed by atoms with Crippen LogP contribution in [0.25, 0.3) is 0 Å². The van der Waals surface area contributed by atoms with E-state index >= 15 is 0 Å². The molecule has 1 aromatic rings. The Morgan fingerprint density at radius 3 is 2.00 bits per heavy atom. The van der Waals surface area contributed by atoms with Gasteiger partial charge in [0, 0.05) is 0 Å². The van der Waals surface area contributed by atoms with E-state index in [1.54, 1.807) is 0 Å². The highest BCUT2D eigenvalue weighted by Gasteiger charge is 2.14. The van der Waals surface area contributed by atoms with Crippen molar-refractivity contribution in [2.45, 2.75) is 58.8 Å². The third kappa shape index (κ3) is 5.10. The van der Waals surface area contributed by atoms with Gasteiger partial charge < -0.3 is 4.74 Å². The summed E-state index contributed by atoms with van der Waals surface area (Å²) in [5.74, 6) is 3.11. The van der Waals surface area contributed by atoms with E-state index in [9.17, 15) is 0 Å². The van der Waals surface area contributed by atoms with Crippen molar-refractivity contribution in [2.24, 2.45) is 0 Å². The Morgan fingerprint density at radius 1 is 0.947 bits per heavy atom. The first-order valence-electron chi connectivity index (χ1n) is 7.44. The van der Waals surface area contributed by atoms with Crippen LogP contribution in [-0.2, 0) is 0 Å². The molecule has 0 spiro atoms. The van der Waals surface area contributed by atoms with Gasteiger partial charge in [-0.15, -0.1) is 0 Å². The molecule has 0 radical (unpaired) electrons. The quantitative estimate of drug-likeness (QED) is 0.494. The molecule has 0 aliphatic rings. The molecule has 0 unspecified atom stereocenters. The molecule has 0 aliphatic heterocycles. The summed E-state index contributed by atoms with van der Waals surface area (Å²) < 4.78 is 6.11. The van der Waals surface area contributed by atoms with Gasteiger partial charge in [-0.05, 0) is 48.0 Å². The molecule has 2 heteroatoms. The number of thiol groups is 1. The van der Waals surface area contributed by atoms with Gasteiger partial charge in [-0.3, -0.25) is 0 Å². The average Bonchev–Trinajstić information content (AvgIpc) is 2.38. The molecule has 0 aliphatic carbocycles. The van der Waals surface area contributed by atoms with E-state index in [-0.39, 0.29) is 0 Å². The molecule has 1 nitrogen and oxygen atoms in total. The fourth-order valence-corrected chi connectivity index (χ4v) is 2.44. The van der Waals surface area contributed by atoms with E-state index in [4.69, 9.17) is 4.74 Å². The number of unbranched alkanes of at least 4 members (excludes halogenated alkanes) is 2. The molecular weight excluding hydrogens is 252 g/mol. The van der Waals surface area contributed by atoms with E-state index in [0.717, 1.165) is 24.5 Å². The lowest BCUT2D eigenvalue weighted by atomic mass is 9.94. The van der Waals surface area contributed by atoms with Crippen molar-refractivity contribution in [1.82, 2.24) is 0 Å². The van der Waals surface area contributed by atoms with Crippen molar-refractivity contribution in [1.29, 1.82) is 0 Å². The van der Waals surface area contributed by atoms with Crippen LogP contribution in [0.15, 0.2) is 18.2 Å². The second-order valence-electron chi connectivity index (χ2n) is 5.71. The van der Waals surface area contributed by atoms with Gasteiger partial charge in [-0.1, -0.05) is 45.9 Å². The van der Waals surface area contributed by atoms with Gasteiger partial charge in [0.05, 0.1) is 6.61 Å². The molecule has 0 saturated heterocycles. The molecule has 0 saturated carbocycles. The van der Waals surface area contributed by atoms with Crippen LogP contribution in [0.5, 0.6) is 5.75 Å². The summed E-state index contributed by atoms with van der Waals surface area (Å²) in [6, 6.07) is 6.54. The first-order chi connectivity index (χ1) is 9.07. The second-order valence-corrected chi connectivity index (χ2v) is 6.15. The minimum absolute atomic E-state index is 0.506. The molecule has 108 valence electrons. The minimum Gasteiger partial charge on any atom is -0.493 e. The Balaban J connectivity index is 2.77. The maximum atomic E-state index is 6.11. The van der Waals surface area contributed by atoms with Crippen molar-refractivity contribution in [3.63, 3.8) is 0 Å². The molecular formula is C17H28OS. The Bertz CT molecular complexity index is 345. The summed E-state index contributed by atoms with van der Waals surface area (Å²) in [7, 11) is 0. The summed E-state index contributed by atoms with van der Waals surface area (Å²) in [5, 5.41) is 0. The molecule has 0 fully saturated rings. The van der Waals surface area contributed by atoms with Gasteiger partial charge in [0.15, 0.2) is 0 Å². The number of ether oxygens (including phenoxy) is 1. The molecule has 0 N–H and O–H groups in total. The standard InChI is InChI=1S/C17H28OS/c1-13(2)15-9-8-10-16(14(3)4)17(15)18-11-6-5-7-12-19/h8-10,13-14,19H,5-7,11-12H2,1-4H3. The zero-order chi connectivity index (χ0) is 14.3. The number of hydrogen-bond donors (Lipinski definition) is 1. The van der Waals surface area contributed by atoms with Gasteiger partial charge in [0.1, 0.15) is 5.75 Å². The van der Waals surface area contributed by atoms with Crippen molar-refractivity contribution < 1.29 is 4.74 Å². The lowest BCUT2D eigenvalue weighted by molar-refractivity contribution is 0.298. The predicted octanol–water partition coefficient (Wildman–Crippen LogP) is 5.41. The largest absolute Gasteiger partial charge is 0.493 e. The lowest BCUT2D eigenvalue weighted by Crippen LogP contribution is -2.05. The zero-order valence-corrected chi connectivity index (χ0v) is 13.7. The molecule has 0 atom stereocenters. The maximum Gasteiger partial charge on any atom is 0.126 e. The van der Waals surface area contributed by atoms with Gasteiger partial charge in [-0.2, -0.15) is 12.6 Å². The molecule has 1 rings (SSSR count). The second kappa shape index (κ2) is 8.52. The first-order valence-corrected chi connectivity index (χ1v) is 8.07. The third-order valence-electron chi connectivity index (χ3n) is 3.37. The van der Waals surface area contributed by atoms with Gasteiger partial charge in [0.2, 0.25) is 0 Å². The Kier molecular flexibility index (Phi) is 7.37. The molecule has 0 aromatic heterocycles. The topological polar surface area (TPSA) is 9.23 Å². The summed E-state index contributed by atoms with van der Waals surface area (Å²) in [4.78, 5) is 0. The highest BCUT2D eigenvalue weighted by atomic mass is 32.1. The summed E-state index contributed by atoms with van der Waals surface area (Å²) >= 11 is 4.24. The van der Waals surface area contributed by atoms with Crippen LogP contribution >= 0.6 is 12.6 Å². The lowest BCUT2D eigenvalue weighted by Gasteiger charge is -2.20. The monoisotopic (exact) mass is 280 g/mol. The summed E-state index contributed by atoms with van der Waals surface area (Å²) in [6.07, 6.45) is 3.49. The predicted molar refractivity (Wildman–Crippen MR) is 87.8 cm³/mol. The normalized spacial score (nSPS) is 11.3. The van der Waals surface area contributed by atoms with Crippen LogP contribution in [0.2, 0.25) is 0 Å². The smallest absolute Gasteiger partial charge is 0.126 e. The fourth-order valence-electron chi connectivity index (χ4n) is 2.21. The SMILES string of the molecule is CC(C)c1cccc(C(C)C)c1OCCCCCS. The van der Waals surface area contributed by atoms with Crippen LogP contribution < -0.4 is 4.74 Å². The Hall–Kier alpha value is -0.630. The summed E-state index contributed by atoms with van der Waals surface area (Å²) in [5.41, 5.74) is 2.67. The highest BCUT2D eigenvalue weighted by molar-refractivity contribution is 7.80. The van der Waals surface area contributed by atoms with Crippen molar-refractivity contribution in [2.75, 3.05) is 12.4 Å². The Labute approximate surface area is 124 Å². The van der Waals surface area contributed by atoms with Gasteiger partial charge in [-0.25, -0.2) is 0 Å². The highest BCUT2D eigenvalue weighted by Crippen LogP contribution is 2.34. The van der Waals surface area contributed by atoms with Gasteiger partial charge in [0.25, 0.3) is 0 Å². The maximum absolute atomic E-state index is 6.11. The Morgan fingerprint density at radius 2 is 1.53 bits per heavy atom. The number of para-hydroxylation sites is 1. The van der Waals surface area contributed by atoms with Gasteiger partial charge >= 0.3 is 0 Å². The molecule has 1 aromatic carbocycles. The van der Waals surface area contributed by atoms with Crippen LogP contribution in [0.3, 0.4) is 0 Å². The molecule has 0 heterocycles. The number of benzene rings is 1. The van der Waals surface area contributed by atoms with E-state index in [1.165, 1.54) is 24.0 Å². The summed E-state index contributed by atoms with van der Waals surface area (Å²) in [6.45, 7) is 9.73. The minimum atomic E-state index is 0.506. The van der Waals surface area contributed by atoms with Crippen LogP contribution in [0.1, 0.15) is 69.9 Å². The van der Waals surface area contributed by atoms with E-state index in [2.05, 4.69) is 58.5 Å². The van der Waals surface area contributed by atoms with Crippen molar-refractivity contribution in [3.8, 4) is 5.75 Å². The van der Waals surface area contributed by atoms with Crippen molar-refractivity contribution >= 4 is 12.6 Å². The zero-order valence-electron chi connectivity index (χ0n) is 12.8. The fraction of sp³-hybridized carbons (Fsp3) is 0.647. The average molecular weight is 280 g/mol.